The van der Waals surface area contributed by atoms with Gasteiger partial charge in [0, 0.05) is 10.8 Å². The van der Waals surface area contributed by atoms with Gasteiger partial charge in [-0.15, -0.1) is 0 Å². The first-order valence-corrected chi connectivity index (χ1v) is 37.6. The Labute approximate surface area is 557 Å². The van der Waals surface area contributed by atoms with Gasteiger partial charge in [-0.25, -0.2) is 0 Å². The Hall–Kier alpha value is -1.62. The minimum absolute atomic E-state index is 0.362. The third-order valence-electron chi connectivity index (χ3n) is 25.1. The molecule has 8 aliphatic rings. The van der Waals surface area contributed by atoms with Gasteiger partial charge in [-0.3, -0.25) is 0 Å². The highest BCUT2D eigenvalue weighted by molar-refractivity contribution is 9.11. The number of hydrogen-bond donors (Lipinski definition) is 7. The summed E-state index contributed by atoms with van der Waals surface area (Å²) in [4.78, 5) is 2.22. The van der Waals surface area contributed by atoms with E-state index in [-0.39, 0.29) is 0 Å². The third-order valence-corrected chi connectivity index (χ3v) is 25.7. The van der Waals surface area contributed by atoms with Crippen molar-refractivity contribution in [3.05, 3.63) is 81.5 Å². The summed E-state index contributed by atoms with van der Waals surface area (Å²) in [5.41, 5.74) is 6.82. The summed E-state index contributed by atoms with van der Waals surface area (Å²) in [6, 6.07) is 0. The van der Waals surface area contributed by atoms with Crippen LogP contribution in [0.3, 0.4) is 0 Å². The lowest BCUT2D eigenvalue weighted by Gasteiger charge is -2.44. The topological polar surface area (TPSA) is 142 Å². The van der Waals surface area contributed by atoms with Crippen molar-refractivity contribution in [2.24, 2.45) is 80.3 Å². The van der Waals surface area contributed by atoms with Crippen molar-refractivity contribution in [3.8, 4) is 0 Å². The van der Waals surface area contributed by atoms with Crippen molar-refractivity contribution < 1.29 is 35.7 Å². The quantitative estimate of drug-likeness (QED) is 0.0769. The molecule has 8 aliphatic carbocycles. The number of halogens is 1. The molecule has 8 heteroatoms. The fourth-order valence-electron chi connectivity index (χ4n) is 19.3. The summed E-state index contributed by atoms with van der Waals surface area (Å²) in [6.45, 7) is 50.4. The lowest BCUT2D eigenvalue weighted by molar-refractivity contribution is -0.0406. The molecule has 0 aromatic rings. The molecule has 0 aliphatic heterocycles. The molecule has 89 heavy (non-hydrogen) atoms. The van der Waals surface area contributed by atoms with Gasteiger partial charge in [0.05, 0.1) is 41.2 Å². The predicted octanol–water partition coefficient (Wildman–Crippen LogP) is 20.8. The Morgan fingerprint density at radius 1 is 0.461 bits per heavy atom. The van der Waals surface area contributed by atoms with E-state index in [9.17, 15) is 35.7 Å². The summed E-state index contributed by atoms with van der Waals surface area (Å²) in [5.74, 6) is 6.62. The van der Waals surface area contributed by atoms with Crippen molar-refractivity contribution >= 4 is 15.9 Å². The summed E-state index contributed by atoms with van der Waals surface area (Å²) < 4.78 is 0. The first kappa shape index (κ1) is 79.8. The molecule has 0 radical (unpaired) electrons. The molecule has 8 fully saturated rings. The molecule has 0 aromatic carbocycles. The molecule has 8 saturated carbocycles. The molecule has 16 atom stereocenters. The zero-order valence-corrected chi connectivity index (χ0v) is 62.8. The molecule has 0 amide bonds. The number of aliphatic hydroxyl groups is 7. The smallest absolute Gasteiger partial charge is 0.0862 e. The Kier molecular flexibility index (Phi) is 29.9. The van der Waals surface area contributed by atoms with Crippen LogP contribution in [-0.2, 0) is 0 Å². The summed E-state index contributed by atoms with van der Waals surface area (Å²) in [6.07, 6.45) is 36.6. The van der Waals surface area contributed by atoms with E-state index < -0.39 is 52.0 Å². The van der Waals surface area contributed by atoms with Gasteiger partial charge in [0.25, 0.3) is 0 Å². The van der Waals surface area contributed by atoms with Crippen molar-refractivity contribution in [1.82, 2.24) is 0 Å². The Morgan fingerprint density at radius 3 is 1.00 bits per heavy atom. The average Bonchev–Trinajstić information content (AvgIpc) is 1.72. The van der Waals surface area contributed by atoms with E-state index in [0.29, 0.717) is 52.8 Å². The predicted molar refractivity (Wildman–Crippen MR) is 384 cm³/mol. The molecule has 6 unspecified atom stereocenters. The molecule has 0 heterocycles. The van der Waals surface area contributed by atoms with E-state index in [1.165, 1.54) is 103 Å². The van der Waals surface area contributed by atoms with Gasteiger partial charge in [-0.05, 0) is 267 Å². The molecule has 0 saturated heterocycles. The molecular weight excluding hydrogens is 1160 g/mol. The standard InChI is InChI=1S/2C29H48O3.C19H33BrO.2C2H6/c2*1-19(10-8-16-27(3,4)32)23-14-15-24-21(11-9-17-29(23,24)7)12-13-22-18-25(30)28(5,6)26(31)20(22)2;1-14(7-5-11-18(2,3)21)16-9-10-17-15(13-20)8-6-12-19(16,17)4;2*1-2/h2*12-13,19,23-26,30-32H,2,8-11,14-18H2,1,3-7H3;13-14,16-17,21H,5-12H2,1-4H3;2*1-2H3/b2*21-12+,22-13-;15-13+;;/t19-,23?,24?,25+,26+,29-;19-,23?,24?,25-,26-,29-;14-,16?,17?,19-;;/m111../s1. The number of fused-ring (bicyclic) bond motifs is 3. The maximum absolute atomic E-state index is 10.7. The molecule has 0 bridgehead atoms. The molecule has 8 rings (SSSR count). The van der Waals surface area contributed by atoms with Crippen molar-refractivity contribution in [2.75, 3.05) is 0 Å². The Bertz CT molecular complexity index is 2270. The normalized spacial score (nSPS) is 36.7. The molecule has 514 valence electrons. The number of aliphatic hydroxyl groups excluding tert-OH is 4. The van der Waals surface area contributed by atoms with Crippen LogP contribution in [0.5, 0.6) is 0 Å². The maximum atomic E-state index is 10.7. The van der Waals surface area contributed by atoms with Crippen LogP contribution < -0.4 is 0 Å². The van der Waals surface area contributed by atoms with Crippen LogP contribution in [0.25, 0.3) is 0 Å². The molecule has 0 aromatic heterocycles. The van der Waals surface area contributed by atoms with Gasteiger partial charge >= 0.3 is 0 Å². The molecule has 7 N–H and O–H groups in total. The fraction of sp³-hybridized carbons (Fsp3) is 0.827. The van der Waals surface area contributed by atoms with Crippen LogP contribution in [0.15, 0.2) is 81.5 Å². The van der Waals surface area contributed by atoms with Gasteiger partial charge in [0.15, 0.2) is 0 Å². The van der Waals surface area contributed by atoms with Gasteiger partial charge < -0.3 is 35.7 Å². The first-order valence-electron chi connectivity index (χ1n) is 36.7. The van der Waals surface area contributed by atoms with Crippen LogP contribution in [0.1, 0.15) is 305 Å². The van der Waals surface area contributed by atoms with Crippen LogP contribution in [0.4, 0.5) is 0 Å². The van der Waals surface area contributed by atoms with Gasteiger partial charge in [-0.1, -0.05) is 206 Å². The van der Waals surface area contributed by atoms with Crippen molar-refractivity contribution in [2.45, 2.75) is 347 Å². The number of allylic oxidation sites excluding steroid dienone is 7. The van der Waals surface area contributed by atoms with Crippen molar-refractivity contribution in [3.63, 3.8) is 0 Å². The maximum Gasteiger partial charge on any atom is 0.0862 e. The molecule has 7 nitrogen and oxygen atoms in total. The van der Waals surface area contributed by atoms with E-state index in [1.54, 1.807) is 16.7 Å². The Morgan fingerprint density at radius 2 is 0.730 bits per heavy atom. The largest absolute Gasteiger partial charge is 0.392 e. The average molecular weight is 1310 g/mol. The number of hydrogen-bond acceptors (Lipinski definition) is 7. The second-order valence-electron chi connectivity index (χ2n) is 33.8. The summed E-state index contributed by atoms with van der Waals surface area (Å²) >= 11 is 3.60. The lowest BCUT2D eigenvalue weighted by Crippen LogP contribution is -2.45. The van der Waals surface area contributed by atoms with Crippen LogP contribution >= 0.6 is 15.9 Å². The van der Waals surface area contributed by atoms with E-state index >= 15 is 0 Å². The zero-order valence-electron chi connectivity index (χ0n) is 61.2. The van der Waals surface area contributed by atoms with E-state index in [0.717, 1.165) is 103 Å². The van der Waals surface area contributed by atoms with Gasteiger partial charge in [-0.2, -0.15) is 0 Å². The molecular formula is C81H141BrO7. The Balaban J connectivity index is 0.000000283. The zero-order chi connectivity index (χ0) is 67.5. The van der Waals surface area contributed by atoms with E-state index in [1.807, 2.05) is 96.9 Å². The van der Waals surface area contributed by atoms with Gasteiger partial charge in [0.1, 0.15) is 0 Å². The van der Waals surface area contributed by atoms with Gasteiger partial charge in [0.2, 0.25) is 0 Å². The minimum Gasteiger partial charge on any atom is -0.392 e. The van der Waals surface area contributed by atoms with Crippen molar-refractivity contribution in [1.29, 1.82) is 0 Å². The summed E-state index contributed by atoms with van der Waals surface area (Å²) in [7, 11) is 0. The van der Waals surface area contributed by atoms with Crippen LogP contribution in [0.2, 0.25) is 0 Å². The van der Waals surface area contributed by atoms with E-state index in [2.05, 4.69) is 99.9 Å². The minimum atomic E-state index is -0.701. The monoisotopic (exact) mass is 1300 g/mol. The molecule has 0 spiro atoms. The third kappa shape index (κ3) is 20.0. The summed E-state index contributed by atoms with van der Waals surface area (Å²) in [5, 5.41) is 72.5. The SMILES string of the molecule is C=C1/C(=C\C=C2/CCC[C@@]3(C)C2CCC3[C@H](C)CCCC(C)(C)O)C[C@@H](O)C(C)(C)[C@@H]1O.C=C1/C(=C\C=C2/CCC[C@@]3(C)C2CCC3[C@H](C)CCCC(C)(C)O)C[C@H](O)C(C)(C)[C@H]1O.CC.CC.C[C@H](CCCC(C)(C)O)C1CCC2/C(=C/Br)CCC[C@@]21C. The first-order chi connectivity index (χ1) is 41.3. The highest BCUT2D eigenvalue weighted by Gasteiger charge is 2.54. The second kappa shape index (κ2) is 33.4. The second-order valence-corrected chi connectivity index (χ2v) is 34.3. The van der Waals surface area contributed by atoms with Crippen LogP contribution in [0, 0.1) is 80.3 Å². The highest BCUT2D eigenvalue weighted by atomic mass is 79.9. The fourth-order valence-corrected chi connectivity index (χ4v) is 19.9. The van der Waals surface area contributed by atoms with Crippen LogP contribution in [-0.4, -0.2) is 77.0 Å². The number of rotatable bonds is 17. The highest BCUT2D eigenvalue weighted by Crippen LogP contribution is 2.63. The van der Waals surface area contributed by atoms with E-state index in [4.69, 9.17) is 0 Å². The lowest BCUT2D eigenvalue weighted by atomic mass is 9.60.